The molecule has 10 heteroatoms. The van der Waals surface area contributed by atoms with Crippen LogP contribution in [0, 0.1) is 5.41 Å². The number of aromatic nitrogens is 2. The third-order valence-electron chi connectivity index (χ3n) is 5.29. The first kappa shape index (κ1) is 22.7. The van der Waals surface area contributed by atoms with E-state index in [1.165, 1.54) is 4.90 Å². The lowest BCUT2D eigenvalue weighted by Crippen LogP contribution is -2.26. The van der Waals surface area contributed by atoms with E-state index < -0.39 is 0 Å². The molecule has 4 rings (SSSR count). The van der Waals surface area contributed by atoms with E-state index in [1.54, 1.807) is 32.3 Å². The summed E-state index contributed by atoms with van der Waals surface area (Å²) in [5, 5.41) is 17.3. The highest BCUT2D eigenvalue weighted by molar-refractivity contribution is 6.99. The highest BCUT2D eigenvalue weighted by Gasteiger charge is 2.30. The SMILES string of the molecule is CN(C)C(=O)c1cccc(Nc2nsnc2NC(c2ccc3c(c2)OCO3)C(C)(C)C)c1O. The number of hydrogen-bond acceptors (Lipinski definition) is 9. The molecule has 1 aliphatic rings. The molecule has 0 bridgehead atoms. The minimum atomic E-state index is -0.290. The van der Waals surface area contributed by atoms with Gasteiger partial charge in [0.15, 0.2) is 28.9 Å². The summed E-state index contributed by atoms with van der Waals surface area (Å²) in [4.78, 5) is 13.8. The number of hydrogen-bond donors (Lipinski definition) is 3. The maximum absolute atomic E-state index is 12.4. The van der Waals surface area contributed by atoms with Gasteiger partial charge in [-0.05, 0) is 35.2 Å². The smallest absolute Gasteiger partial charge is 0.257 e. The Morgan fingerprint density at radius 2 is 1.85 bits per heavy atom. The molecule has 33 heavy (non-hydrogen) atoms. The van der Waals surface area contributed by atoms with Gasteiger partial charge in [-0.2, -0.15) is 8.75 Å². The minimum absolute atomic E-state index is 0.119. The first-order valence-corrected chi connectivity index (χ1v) is 11.2. The number of phenolic OH excluding ortho intramolecular Hbond substituents is 1. The van der Waals surface area contributed by atoms with E-state index in [-0.39, 0.29) is 35.5 Å². The zero-order valence-electron chi connectivity index (χ0n) is 19.2. The summed E-state index contributed by atoms with van der Waals surface area (Å²) in [5.74, 6) is 2.01. The minimum Gasteiger partial charge on any atom is -0.505 e. The molecular weight excluding hydrogens is 442 g/mol. The summed E-state index contributed by atoms with van der Waals surface area (Å²) >= 11 is 1.05. The van der Waals surface area contributed by atoms with Crippen molar-refractivity contribution in [3.63, 3.8) is 0 Å². The molecule has 0 spiro atoms. The van der Waals surface area contributed by atoms with Gasteiger partial charge in [0.05, 0.1) is 29.0 Å². The van der Waals surface area contributed by atoms with Crippen molar-refractivity contribution in [3.8, 4) is 17.2 Å². The topological polar surface area (TPSA) is 109 Å². The van der Waals surface area contributed by atoms with Crippen molar-refractivity contribution < 1.29 is 19.4 Å². The Hall–Kier alpha value is -3.53. The number of phenols is 1. The van der Waals surface area contributed by atoms with E-state index in [9.17, 15) is 9.90 Å². The third kappa shape index (κ3) is 4.65. The van der Waals surface area contributed by atoms with Crippen LogP contribution in [0.4, 0.5) is 17.3 Å². The fourth-order valence-electron chi connectivity index (χ4n) is 3.58. The van der Waals surface area contributed by atoms with Crippen LogP contribution in [0.3, 0.4) is 0 Å². The lowest BCUT2D eigenvalue weighted by molar-refractivity contribution is 0.0824. The molecule has 1 atom stereocenters. The number of fused-ring (bicyclic) bond motifs is 1. The standard InChI is InChI=1S/C23H27N5O4S/c1-23(2,3)19(13-9-10-16-17(11-13)32-12-31-16)25-21-20(26-33-27-21)24-15-8-6-7-14(18(15)29)22(30)28(4)5/h6-11,19,29H,12H2,1-5H3,(H,24,26)(H,25,27). The summed E-state index contributed by atoms with van der Waals surface area (Å²) in [5.41, 5.74) is 1.42. The summed E-state index contributed by atoms with van der Waals surface area (Å²) in [6.07, 6.45) is 0. The van der Waals surface area contributed by atoms with Gasteiger partial charge in [-0.25, -0.2) is 0 Å². The maximum Gasteiger partial charge on any atom is 0.257 e. The monoisotopic (exact) mass is 469 g/mol. The number of nitrogens with zero attached hydrogens (tertiary/aromatic N) is 3. The fraction of sp³-hybridized carbons (Fsp3) is 0.348. The van der Waals surface area contributed by atoms with Crippen molar-refractivity contribution in [2.75, 3.05) is 31.5 Å². The number of carbonyl (C=O) groups is 1. The Morgan fingerprint density at radius 1 is 1.12 bits per heavy atom. The summed E-state index contributed by atoms with van der Waals surface area (Å²) < 4.78 is 19.8. The fourth-order valence-corrected chi connectivity index (χ4v) is 4.06. The van der Waals surface area contributed by atoms with E-state index in [4.69, 9.17) is 9.47 Å². The number of amides is 1. The van der Waals surface area contributed by atoms with Crippen molar-refractivity contribution >= 4 is 35.0 Å². The summed E-state index contributed by atoms with van der Waals surface area (Å²) in [6.45, 7) is 6.61. The van der Waals surface area contributed by atoms with E-state index in [2.05, 4.69) is 40.2 Å². The number of para-hydroxylation sites is 1. The molecule has 2 heterocycles. The maximum atomic E-state index is 12.4. The molecule has 0 saturated carbocycles. The van der Waals surface area contributed by atoms with Crippen LogP contribution in [0.2, 0.25) is 0 Å². The van der Waals surface area contributed by atoms with Gasteiger partial charge in [0.1, 0.15) is 0 Å². The van der Waals surface area contributed by atoms with Crippen molar-refractivity contribution in [3.05, 3.63) is 47.5 Å². The lowest BCUT2D eigenvalue weighted by Gasteiger charge is -2.32. The average molecular weight is 470 g/mol. The molecule has 1 unspecified atom stereocenters. The van der Waals surface area contributed by atoms with Crippen LogP contribution in [-0.2, 0) is 0 Å². The zero-order chi connectivity index (χ0) is 23.8. The predicted octanol–water partition coefficient (Wildman–Crippen LogP) is 4.62. The van der Waals surface area contributed by atoms with E-state index >= 15 is 0 Å². The van der Waals surface area contributed by atoms with Gasteiger partial charge < -0.3 is 30.1 Å². The Morgan fingerprint density at radius 3 is 2.58 bits per heavy atom. The van der Waals surface area contributed by atoms with Crippen molar-refractivity contribution in [2.24, 2.45) is 5.41 Å². The largest absolute Gasteiger partial charge is 0.505 e. The molecule has 1 aromatic heterocycles. The molecule has 2 aromatic carbocycles. The Labute approximate surface area is 196 Å². The summed E-state index contributed by atoms with van der Waals surface area (Å²) in [7, 11) is 3.27. The highest BCUT2D eigenvalue weighted by atomic mass is 32.1. The molecule has 9 nitrogen and oxygen atoms in total. The van der Waals surface area contributed by atoms with E-state index in [0.717, 1.165) is 23.0 Å². The quantitative estimate of drug-likeness (QED) is 0.449. The van der Waals surface area contributed by atoms with Crippen LogP contribution < -0.4 is 20.1 Å². The number of rotatable bonds is 6. The number of benzene rings is 2. The predicted molar refractivity (Wildman–Crippen MR) is 128 cm³/mol. The van der Waals surface area contributed by atoms with Gasteiger partial charge in [-0.3, -0.25) is 4.79 Å². The third-order valence-corrected chi connectivity index (χ3v) is 5.82. The first-order valence-electron chi connectivity index (χ1n) is 10.4. The van der Waals surface area contributed by atoms with Crippen LogP contribution >= 0.6 is 11.7 Å². The van der Waals surface area contributed by atoms with Crippen molar-refractivity contribution in [1.82, 2.24) is 13.6 Å². The van der Waals surface area contributed by atoms with Gasteiger partial charge in [0.25, 0.3) is 5.91 Å². The molecular formula is C23H27N5O4S. The van der Waals surface area contributed by atoms with Gasteiger partial charge in [-0.1, -0.05) is 32.9 Å². The van der Waals surface area contributed by atoms with Gasteiger partial charge in [0.2, 0.25) is 6.79 Å². The summed E-state index contributed by atoms with van der Waals surface area (Å²) in [6, 6.07) is 10.7. The average Bonchev–Trinajstić information content (AvgIpc) is 3.40. The normalized spacial score (nSPS) is 13.5. The van der Waals surface area contributed by atoms with Gasteiger partial charge in [-0.15, -0.1) is 0 Å². The van der Waals surface area contributed by atoms with Crippen LogP contribution in [0.15, 0.2) is 36.4 Å². The van der Waals surface area contributed by atoms with Crippen molar-refractivity contribution in [1.29, 1.82) is 0 Å². The molecule has 0 aliphatic carbocycles. The van der Waals surface area contributed by atoms with Crippen LogP contribution in [0.25, 0.3) is 0 Å². The number of nitrogens with one attached hydrogen (secondary N) is 2. The molecule has 0 saturated heterocycles. The second-order valence-corrected chi connectivity index (χ2v) is 9.57. The molecule has 3 aromatic rings. The van der Waals surface area contributed by atoms with Gasteiger partial charge >= 0.3 is 0 Å². The Balaban J connectivity index is 1.62. The highest BCUT2D eigenvalue weighted by Crippen LogP contribution is 2.42. The second kappa shape index (κ2) is 8.78. The van der Waals surface area contributed by atoms with Crippen molar-refractivity contribution in [2.45, 2.75) is 26.8 Å². The molecule has 174 valence electrons. The lowest BCUT2D eigenvalue weighted by atomic mass is 9.82. The van der Waals surface area contributed by atoms with Crippen LogP contribution in [0.1, 0.15) is 42.7 Å². The van der Waals surface area contributed by atoms with Crippen LogP contribution in [0.5, 0.6) is 17.2 Å². The molecule has 1 aliphatic heterocycles. The van der Waals surface area contributed by atoms with E-state index in [1.807, 2.05) is 18.2 Å². The van der Waals surface area contributed by atoms with Crippen LogP contribution in [-0.4, -0.2) is 45.5 Å². The Bertz CT molecular complexity index is 1170. The number of anilines is 3. The zero-order valence-corrected chi connectivity index (χ0v) is 20.0. The molecule has 0 radical (unpaired) electrons. The van der Waals surface area contributed by atoms with Gasteiger partial charge in [0, 0.05) is 14.1 Å². The second-order valence-electron chi connectivity index (χ2n) is 9.04. The molecule has 1 amide bonds. The number of ether oxygens (including phenoxy) is 2. The van der Waals surface area contributed by atoms with E-state index in [0.29, 0.717) is 23.1 Å². The molecule has 3 N–H and O–H groups in total. The molecule has 0 fully saturated rings. The number of aromatic hydroxyl groups is 1. The number of carbonyl (C=O) groups excluding carboxylic acids is 1. The Kier molecular flexibility index (Phi) is 6.03. The first-order chi connectivity index (χ1) is 15.6.